The number of aliphatic hydroxyl groups is 2. The Morgan fingerprint density at radius 1 is 1.19 bits per heavy atom. The van der Waals surface area contributed by atoms with Crippen LogP contribution in [0.15, 0.2) is 36.4 Å². The first-order valence-electron chi connectivity index (χ1n) is 9.40. The number of fused-ring (bicyclic) bond motifs is 1. The lowest BCUT2D eigenvalue weighted by atomic mass is 9.99. The number of halogens is 4. The van der Waals surface area contributed by atoms with Crippen molar-refractivity contribution in [1.82, 2.24) is 9.88 Å². The third-order valence-corrected chi connectivity index (χ3v) is 5.22. The van der Waals surface area contributed by atoms with Crippen LogP contribution in [0, 0.1) is 5.82 Å². The van der Waals surface area contributed by atoms with Crippen LogP contribution in [0.2, 0.25) is 0 Å². The Morgan fingerprint density at radius 2 is 1.97 bits per heavy atom. The molecule has 1 amide bonds. The summed E-state index contributed by atoms with van der Waals surface area (Å²) in [5.74, 6) is -1.20. The fourth-order valence-corrected chi connectivity index (χ4v) is 3.63. The molecule has 2 aromatic rings. The van der Waals surface area contributed by atoms with Gasteiger partial charge < -0.3 is 24.6 Å². The SMILES string of the molecule is O=C1c2ccc(F)cc2CN1C[C@H]1OC[C@H](Oc2cccc(C(F)(F)F)n2)[C@@H](O)[C@H]1O. The zero-order valence-electron chi connectivity index (χ0n) is 15.9. The van der Waals surface area contributed by atoms with Gasteiger partial charge in [-0.2, -0.15) is 13.2 Å². The molecule has 4 atom stereocenters. The number of pyridine rings is 1. The predicted octanol–water partition coefficient (Wildman–Crippen LogP) is 1.76. The van der Waals surface area contributed by atoms with E-state index < -0.39 is 42.1 Å². The van der Waals surface area contributed by atoms with Gasteiger partial charge in [0, 0.05) is 18.2 Å². The second kappa shape index (κ2) is 8.06. The Kier molecular flexibility index (Phi) is 5.58. The van der Waals surface area contributed by atoms with E-state index in [1.165, 1.54) is 29.2 Å². The molecule has 2 aliphatic rings. The van der Waals surface area contributed by atoms with Crippen LogP contribution in [0.4, 0.5) is 17.6 Å². The maximum atomic E-state index is 13.4. The molecule has 7 nitrogen and oxygen atoms in total. The summed E-state index contributed by atoms with van der Waals surface area (Å²) in [6, 6.07) is 6.90. The van der Waals surface area contributed by atoms with Gasteiger partial charge in [-0.05, 0) is 29.8 Å². The maximum Gasteiger partial charge on any atom is 0.433 e. The number of hydrogen-bond donors (Lipinski definition) is 2. The van der Waals surface area contributed by atoms with Gasteiger partial charge in [0.05, 0.1) is 13.2 Å². The summed E-state index contributed by atoms with van der Waals surface area (Å²) in [6.45, 7) is -0.186. The van der Waals surface area contributed by atoms with Gasteiger partial charge in [0.25, 0.3) is 5.91 Å². The highest BCUT2D eigenvalue weighted by Gasteiger charge is 2.42. The minimum Gasteiger partial charge on any atom is -0.469 e. The van der Waals surface area contributed by atoms with Gasteiger partial charge in [-0.3, -0.25) is 4.79 Å². The third kappa shape index (κ3) is 4.34. The number of aromatic nitrogens is 1. The van der Waals surface area contributed by atoms with E-state index in [-0.39, 0.29) is 31.5 Å². The van der Waals surface area contributed by atoms with E-state index >= 15 is 0 Å². The highest BCUT2D eigenvalue weighted by atomic mass is 19.4. The van der Waals surface area contributed by atoms with E-state index in [4.69, 9.17) is 9.47 Å². The van der Waals surface area contributed by atoms with E-state index in [0.29, 0.717) is 11.1 Å². The van der Waals surface area contributed by atoms with Crippen LogP contribution >= 0.6 is 0 Å². The summed E-state index contributed by atoms with van der Waals surface area (Å²) in [6.07, 6.45) is -9.75. The number of nitrogens with zero attached hydrogens (tertiary/aromatic N) is 2. The number of carbonyl (C=O) groups is 1. The van der Waals surface area contributed by atoms with Gasteiger partial charge >= 0.3 is 6.18 Å². The minimum absolute atomic E-state index is 0.0676. The molecule has 11 heteroatoms. The topological polar surface area (TPSA) is 92.1 Å². The number of benzene rings is 1. The molecule has 1 aromatic heterocycles. The predicted molar refractivity (Wildman–Crippen MR) is 96.5 cm³/mol. The van der Waals surface area contributed by atoms with E-state index in [2.05, 4.69) is 4.98 Å². The summed E-state index contributed by atoms with van der Waals surface area (Å²) < 4.78 is 62.6. The molecule has 2 aliphatic heterocycles. The largest absolute Gasteiger partial charge is 0.469 e. The molecule has 0 unspecified atom stereocenters. The van der Waals surface area contributed by atoms with Crippen LogP contribution < -0.4 is 4.74 Å². The molecule has 0 bridgehead atoms. The lowest BCUT2D eigenvalue weighted by molar-refractivity contribution is -0.183. The zero-order chi connectivity index (χ0) is 22.3. The van der Waals surface area contributed by atoms with E-state index in [9.17, 15) is 32.6 Å². The van der Waals surface area contributed by atoms with Crippen LogP contribution in [0.5, 0.6) is 5.88 Å². The highest BCUT2D eigenvalue weighted by Crippen LogP contribution is 2.30. The number of rotatable bonds is 4. The van der Waals surface area contributed by atoms with E-state index in [1.807, 2.05) is 0 Å². The molecule has 0 aliphatic carbocycles. The van der Waals surface area contributed by atoms with Gasteiger partial charge in [-0.25, -0.2) is 9.37 Å². The molecule has 1 saturated heterocycles. The maximum absolute atomic E-state index is 13.4. The normalized spacial score (nSPS) is 26.1. The smallest absolute Gasteiger partial charge is 0.433 e. The van der Waals surface area contributed by atoms with Crippen molar-refractivity contribution in [1.29, 1.82) is 0 Å². The van der Waals surface area contributed by atoms with Crippen molar-refractivity contribution in [3.05, 3.63) is 59.0 Å². The molecule has 166 valence electrons. The standard InChI is InChI=1S/C20H18F4N2O5/c21-11-4-5-12-10(6-11)7-26(19(12)29)8-13-17(27)18(28)14(9-30-13)31-16-3-1-2-15(25-16)20(22,23)24/h1-6,13-14,17-18,27-28H,7-9H2/t13-,14+,17+,18-/m1/s1. The first-order valence-corrected chi connectivity index (χ1v) is 9.40. The first-order chi connectivity index (χ1) is 14.6. The van der Waals surface area contributed by atoms with Crippen molar-refractivity contribution in [2.75, 3.05) is 13.2 Å². The van der Waals surface area contributed by atoms with Crippen molar-refractivity contribution in [3.63, 3.8) is 0 Å². The quantitative estimate of drug-likeness (QED) is 0.702. The number of ether oxygens (including phenoxy) is 2. The number of hydrogen-bond acceptors (Lipinski definition) is 6. The Hall–Kier alpha value is -2.76. The number of carbonyl (C=O) groups excluding carboxylic acids is 1. The van der Waals surface area contributed by atoms with Crippen molar-refractivity contribution in [3.8, 4) is 5.88 Å². The second-order valence-electron chi connectivity index (χ2n) is 7.36. The van der Waals surface area contributed by atoms with Gasteiger partial charge in [0.1, 0.15) is 29.8 Å². The van der Waals surface area contributed by atoms with Crippen LogP contribution in [0.25, 0.3) is 0 Å². The average Bonchev–Trinajstić information content (AvgIpc) is 3.02. The average molecular weight is 442 g/mol. The van der Waals surface area contributed by atoms with Gasteiger partial charge in [0.2, 0.25) is 5.88 Å². The van der Waals surface area contributed by atoms with E-state index in [0.717, 1.165) is 12.1 Å². The third-order valence-electron chi connectivity index (χ3n) is 5.22. The molecule has 0 saturated carbocycles. The van der Waals surface area contributed by atoms with Crippen LogP contribution in [-0.4, -0.2) is 63.6 Å². The summed E-state index contributed by atoms with van der Waals surface area (Å²) in [7, 11) is 0. The summed E-state index contributed by atoms with van der Waals surface area (Å²) in [5, 5.41) is 20.8. The Bertz CT molecular complexity index is 986. The molecule has 0 radical (unpaired) electrons. The second-order valence-corrected chi connectivity index (χ2v) is 7.36. The fraction of sp³-hybridized carbons (Fsp3) is 0.400. The number of aliphatic hydroxyl groups excluding tert-OH is 2. The van der Waals surface area contributed by atoms with Crippen LogP contribution in [-0.2, 0) is 17.5 Å². The van der Waals surface area contributed by atoms with Crippen molar-refractivity contribution in [2.24, 2.45) is 0 Å². The lowest BCUT2D eigenvalue weighted by Gasteiger charge is -2.38. The van der Waals surface area contributed by atoms with Crippen LogP contribution in [0.1, 0.15) is 21.6 Å². The molecule has 3 heterocycles. The van der Waals surface area contributed by atoms with Gasteiger partial charge in [0.15, 0.2) is 6.10 Å². The molecular formula is C20H18F4N2O5. The summed E-state index contributed by atoms with van der Waals surface area (Å²) in [4.78, 5) is 17.2. The van der Waals surface area contributed by atoms with Crippen LogP contribution in [0.3, 0.4) is 0 Å². The van der Waals surface area contributed by atoms with Crippen molar-refractivity contribution >= 4 is 5.91 Å². The monoisotopic (exact) mass is 442 g/mol. The molecular weight excluding hydrogens is 424 g/mol. The Balaban J connectivity index is 1.39. The molecule has 1 aromatic carbocycles. The molecule has 2 N–H and O–H groups in total. The number of amides is 1. The van der Waals surface area contributed by atoms with Crippen molar-refractivity contribution < 1.29 is 42.0 Å². The highest BCUT2D eigenvalue weighted by molar-refractivity contribution is 5.98. The van der Waals surface area contributed by atoms with Crippen molar-refractivity contribution in [2.45, 2.75) is 37.1 Å². The molecule has 0 spiro atoms. The number of alkyl halides is 3. The lowest BCUT2D eigenvalue weighted by Crippen LogP contribution is -2.57. The van der Waals surface area contributed by atoms with Gasteiger partial charge in [-0.15, -0.1) is 0 Å². The summed E-state index contributed by atoms with van der Waals surface area (Å²) in [5.41, 5.74) is -0.296. The minimum atomic E-state index is -4.66. The molecule has 4 rings (SSSR count). The Labute approximate surface area is 173 Å². The van der Waals surface area contributed by atoms with E-state index in [1.54, 1.807) is 0 Å². The first kappa shape index (κ1) is 21.5. The fourth-order valence-electron chi connectivity index (χ4n) is 3.63. The Morgan fingerprint density at radius 3 is 2.71 bits per heavy atom. The molecule has 1 fully saturated rings. The summed E-state index contributed by atoms with van der Waals surface area (Å²) >= 11 is 0. The van der Waals surface area contributed by atoms with Gasteiger partial charge in [-0.1, -0.05) is 6.07 Å². The zero-order valence-corrected chi connectivity index (χ0v) is 15.9. The molecule has 31 heavy (non-hydrogen) atoms.